The van der Waals surface area contributed by atoms with Crippen LogP contribution in [0.15, 0.2) is 46.0 Å². The molecule has 0 unspecified atom stereocenters. The lowest BCUT2D eigenvalue weighted by Crippen LogP contribution is -2.15. The summed E-state index contributed by atoms with van der Waals surface area (Å²) in [6, 6.07) is 9.84. The quantitative estimate of drug-likeness (QED) is 0.416. The molecule has 0 aliphatic carbocycles. The summed E-state index contributed by atoms with van der Waals surface area (Å²) < 4.78 is 42.3. The molecule has 2 heterocycles. The van der Waals surface area contributed by atoms with Crippen LogP contribution in [-0.2, 0) is 5.75 Å². The standard InChI is InChI=1S/C18H15BrF2N4O3S/c19-13-8-15-14(26-5-6-27-15)7-11(13)9-29-18-24-23-16(25(18)22)10-1-3-12(4-2-10)28-17(20)21/h1-4,7-8,17H,5-6,9,22H2. The zero-order valence-corrected chi connectivity index (χ0v) is 17.3. The highest BCUT2D eigenvalue weighted by molar-refractivity contribution is 9.10. The van der Waals surface area contributed by atoms with Gasteiger partial charge in [0, 0.05) is 15.8 Å². The number of fused-ring (bicyclic) bond motifs is 1. The van der Waals surface area contributed by atoms with E-state index in [1.54, 1.807) is 12.1 Å². The van der Waals surface area contributed by atoms with E-state index >= 15 is 0 Å². The van der Waals surface area contributed by atoms with Crippen molar-refractivity contribution in [2.45, 2.75) is 17.5 Å². The number of benzene rings is 2. The second-order valence-electron chi connectivity index (χ2n) is 5.96. The first-order valence-corrected chi connectivity index (χ1v) is 10.3. The first-order valence-electron chi connectivity index (χ1n) is 8.48. The number of rotatable bonds is 6. The van der Waals surface area contributed by atoms with Crippen molar-refractivity contribution >= 4 is 27.7 Å². The monoisotopic (exact) mass is 484 g/mol. The fourth-order valence-electron chi connectivity index (χ4n) is 2.72. The van der Waals surface area contributed by atoms with Crippen molar-refractivity contribution in [3.05, 3.63) is 46.4 Å². The summed E-state index contributed by atoms with van der Waals surface area (Å²) >= 11 is 4.95. The number of hydrogen-bond donors (Lipinski definition) is 1. The van der Waals surface area contributed by atoms with Crippen LogP contribution in [0.1, 0.15) is 5.56 Å². The summed E-state index contributed by atoms with van der Waals surface area (Å²) in [5, 5.41) is 8.74. The molecule has 2 aromatic carbocycles. The maximum absolute atomic E-state index is 12.3. The van der Waals surface area contributed by atoms with Crippen LogP contribution in [0.2, 0.25) is 0 Å². The summed E-state index contributed by atoms with van der Waals surface area (Å²) in [5.41, 5.74) is 1.63. The molecule has 7 nitrogen and oxygen atoms in total. The fourth-order valence-corrected chi connectivity index (χ4v) is 4.21. The molecule has 0 saturated heterocycles. The molecule has 29 heavy (non-hydrogen) atoms. The van der Waals surface area contributed by atoms with Gasteiger partial charge >= 0.3 is 6.61 Å². The molecule has 0 saturated carbocycles. The lowest BCUT2D eigenvalue weighted by Gasteiger charge is -2.19. The molecule has 0 amide bonds. The number of halogens is 3. The van der Waals surface area contributed by atoms with Crippen molar-refractivity contribution in [1.29, 1.82) is 0 Å². The van der Waals surface area contributed by atoms with E-state index in [4.69, 9.17) is 15.3 Å². The highest BCUT2D eigenvalue weighted by Crippen LogP contribution is 2.37. The van der Waals surface area contributed by atoms with Gasteiger partial charge in [-0.05, 0) is 42.0 Å². The van der Waals surface area contributed by atoms with E-state index in [1.807, 2.05) is 12.1 Å². The largest absolute Gasteiger partial charge is 0.486 e. The molecule has 4 rings (SSSR count). The maximum Gasteiger partial charge on any atom is 0.387 e. The Morgan fingerprint density at radius 2 is 1.83 bits per heavy atom. The Morgan fingerprint density at radius 1 is 1.14 bits per heavy atom. The van der Waals surface area contributed by atoms with Gasteiger partial charge in [-0.2, -0.15) is 8.78 Å². The van der Waals surface area contributed by atoms with Crippen LogP contribution >= 0.6 is 27.7 Å². The molecule has 0 atom stereocenters. The SMILES string of the molecule is Nn1c(SCc2cc3c(cc2Br)OCCO3)nnc1-c1ccc(OC(F)F)cc1. The predicted octanol–water partition coefficient (Wildman–Crippen LogP) is 4.09. The van der Waals surface area contributed by atoms with Crippen LogP contribution in [0.4, 0.5) is 8.78 Å². The number of nitrogens with zero attached hydrogens (tertiary/aromatic N) is 3. The molecule has 0 spiro atoms. The predicted molar refractivity (Wildman–Crippen MR) is 107 cm³/mol. The number of alkyl halides is 2. The zero-order valence-electron chi connectivity index (χ0n) is 14.8. The molecule has 0 bridgehead atoms. The lowest BCUT2D eigenvalue weighted by atomic mass is 10.2. The van der Waals surface area contributed by atoms with Crippen LogP contribution in [0.3, 0.4) is 0 Å². The summed E-state index contributed by atoms with van der Waals surface area (Å²) in [7, 11) is 0. The van der Waals surface area contributed by atoms with E-state index < -0.39 is 6.61 Å². The van der Waals surface area contributed by atoms with E-state index in [0.29, 0.717) is 47.0 Å². The van der Waals surface area contributed by atoms with E-state index in [9.17, 15) is 8.78 Å². The molecule has 1 aromatic heterocycles. The molecule has 3 aromatic rings. The van der Waals surface area contributed by atoms with Crippen LogP contribution in [-0.4, -0.2) is 34.7 Å². The Bertz CT molecular complexity index is 1020. The van der Waals surface area contributed by atoms with Gasteiger partial charge in [0.1, 0.15) is 19.0 Å². The lowest BCUT2D eigenvalue weighted by molar-refractivity contribution is -0.0498. The van der Waals surface area contributed by atoms with Crippen molar-refractivity contribution < 1.29 is 23.0 Å². The van der Waals surface area contributed by atoms with Crippen molar-refractivity contribution in [2.24, 2.45) is 0 Å². The van der Waals surface area contributed by atoms with Crippen molar-refractivity contribution in [3.63, 3.8) is 0 Å². The number of ether oxygens (including phenoxy) is 3. The van der Waals surface area contributed by atoms with Gasteiger partial charge < -0.3 is 20.1 Å². The van der Waals surface area contributed by atoms with Gasteiger partial charge in [-0.3, -0.25) is 0 Å². The Kier molecular flexibility index (Phi) is 5.76. The summed E-state index contributed by atoms with van der Waals surface area (Å²) in [5.74, 6) is 8.60. The van der Waals surface area contributed by atoms with Gasteiger partial charge in [0.05, 0.1) is 0 Å². The molecule has 0 radical (unpaired) electrons. The molecular weight excluding hydrogens is 470 g/mol. The van der Waals surface area contributed by atoms with Gasteiger partial charge in [-0.1, -0.05) is 27.7 Å². The second-order valence-corrected chi connectivity index (χ2v) is 7.75. The minimum absolute atomic E-state index is 0.0601. The fraction of sp³-hybridized carbons (Fsp3) is 0.222. The van der Waals surface area contributed by atoms with Gasteiger partial charge in [-0.25, -0.2) is 4.68 Å². The molecule has 0 fully saturated rings. The zero-order chi connectivity index (χ0) is 20.4. The number of nitrogens with two attached hydrogens (primary N) is 1. The smallest absolute Gasteiger partial charge is 0.387 e. The van der Waals surface area contributed by atoms with Gasteiger partial charge in [-0.15, -0.1) is 10.2 Å². The Hall–Kier alpha value is -2.53. The highest BCUT2D eigenvalue weighted by Gasteiger charge is 2.17. The third-order valence-electron chi connectivity index (χ3n) is 4.07. The number of hydrogen-bond acceptors (Lipinski definition) is 7. The summed E-state index contributed by atoms with van der Waals surface area (Å²) in [6.45, 7) is -1.83. The molecule has 2 N–H and O–H groups in total. The number of nitrogen functional groups attached to an aromatic ring is 1. The minimum atomic E-state index is -2.87. The number of aromatic nitrogens is 3. The van der Waals surface area contributed by atoms with Crippen LogP contribution in [0.25, 0.3) is 11.4 Å². The molecular formula is C18H15BrF2N4O3S. The van der Waals surface area contributed by atoms with Crippen LogP contribution in [0, 0.1) is 0 Å². The first kappa shape index (κ1) is 19.8. The average molecular weight is 485 g/mol. The normalized spacial score (nSPS) is 13.0. The number of thioether (sulfide) groups is 1. The molecule has 1 aliphatic heterocycles. The first-order chi connectivity index (χ1) is 14.0. The Morgan fingerprint density at radius 3 is 2.52 bits per heavy atom. The Labute approximate surface area is 177 Å². The van der Waals surface area contributed by atoms with Crippen LogP contribution in [0.5, 0.6) is 17.2 Å². The van der Waals surface area contributed by atoms with Gasteiger partial charge in [0.2, 0.25) is 5.16 Å². The molecule has 1 aliphatic rings. The average Bonchev–Trinajstić information content (AvgIpc) is 3.07. The van der Waals surface area contributed by atoms with Crippen molar-refractivity contribution in [2.75, 3.05) is 19.1 Å². The Balaban J connectivity index is 1.48. The molecule has 11 heteroatoms. The van der Waals surface area contributed by atoms with Crippen molar-refractivity contribution in [3.8, 4) is 28.6 Å². The van der Waals surface area contributed by atoms with Crippen molar-refractivity contribution in [1.82, 2.24) is 14.9 Å². The van der Waals surface area contributed by atoms with Gasteiger partial charge in [0.25, 0.3) is 0 Å². The van der Waals surface area contributed by atoms with Gasteiger partial charge in [0.15, 0.2) is 17.3 Å². The highest BCUT2D eigenvalue weighted by atomic mass is 79.9. The third kappa shape index (κ3) is 4.40. The summed E-state index contributed by atoms with van der Waals surface area (Å²) in [4.78, 5) is 0. The van der Waals surface area contributed by atoms with E-state index in [1.165, 1.54) is 28.6 Å². The van der Waals surface area contributed by atoms with Crippen LogP contribution < -0.4 is 20.1 Å². The third-order valence-corrected chi connectivity index (χ3v) is 5.80. The summed E-state index contributed by atoms with van der Waals surface area (Å²) in [6.07, 6.45) is 0. The second kappa shape index (κ2) is 8.46. The van der Waals surface area contributed by atoms with E-state index in [0.717, 1.165) is 10.0 Å². The van der Waals surface area contributed by atoms with E-state index in [2.05, 4.69) is 30.9 Å². The topological polar surface area (TPSA) is 84.4 Å². The van der Waals surface area contributed by atoms with E-state index in [-0.39, 0.29) is 5.75 Å². The maximum atomic E-state index is 12.3. The molecule has 152 valence electrons. The minimum Gasteiger partial charge on any atom is -0.486 e.